The number of aliphatic hydroxyl groups excluding tert-OH is 1. The van der Waals surface area contributed by atoms with Crippen molar-refractivity contribution in [2.24, 2.45) is 0 Å². The van der Waals surface area contributed by atoms with Gasteiger partial charge < -0.3 is 5.11 Å². The third-order valence-electron chi connectivity index (χ3n) is 1.92. The van der Waals surface area contributed by atoms with Crippen LogP contribution >= 0.6 is 0 Å². The van der Waals surface area contributed by atoms with E-state index in [-0.39, 0.29) is 5.56 Å². The molecule has 0 aromatic carbocycles. The Morgan fingerprint density at radius 2 is 1.71 bits per heavy atom. The van der Waals surface area contributed by atoms with E-state index < -0.39 is 30.6 Å². The van der Waals surface area contributed by atoms with Crippen LogP contribution < -0.4 is 0 Å². The van der Waals surface area contributed by atoms with Crippen molar-refractivity contribution in [3.8, 4) is 0 Å². The normalized spacial score (nSPS) is 14.8. The maximum Gasteiger partial charge on any atom is 0.433 e. The van der Waals surface area contributed by atoms with Gasteiger partial charge in [0.05, 0.1) is 0 Å². The van der Waals surface area contributed by atoms with Gasteiger partial charge in [-0.15, -0.1) is 0 Å². The zero-order chi connectivity index (χ0) is 13.3. The fourth-order valence-corrected chi connectivity index (χ4v) is 1.05. The van der Waals surface area contributed by atoms with Crippen LogP contribution in [0, 0.1) is 0 Å². The van der Waals surface area contributed by atoms with Crippen LogP contribution in [0.15, 0.2) is 18.3 Å². The molecule has 1 atom stereocenters. The first-order valence-electron chi connectivity index (χ1n) is 4.37. The lowest BCUT2D eigenvalue weighted by Gasteiger charge is -2.14. The highest BCUT2D eigenvalue weighted by Gasteiger charge is 2.38. The summed E-state index contributed by atoms with van der Waals surface area (Å²) in [6.45, 7) is 0. The van der Waals surface area contributed by atoms with Gasteiger partial charge in [-0.2, -0.15) is 26.3 Å². The lowest BCUT2D eigenvalue weighted by atomic mass is 10.1. The number of nitrogens with zero attached hydrogens (tertiary/aromatic N) is 1. The molecule has 0 bridgehead atoms. The third-order valence-corrected chi connectivity index (χ3v) is 1.92. The monoisotopic (exact) mass is 259 g/mol. The van der Waals surface area contributed by atoms with Crippen LogP contribution in [-0.2, 0) is 12.6 Å². The van der Waals surface area contributed by atoms with Crippen LogP contribution in [0.25, 0.3) is 0 Å². The van der Waals surface area contributed by atoms with Crippen LogP contribution in [0.3, 0.4) is 0 Å². The first-order chi connectivity index (χ1) is 7.60. The molecule has 0 saturated carbocycles. The molecule has 1 aromatic heterocycles. The Labute approximate surface area is 91.9 Å². The zero-order valence-electron chi connectivity index (χ0n) is 8.18. The van der Waals surface area contributed by atoms with E-state index >= 15 is 0 Å². The highest BCUT2D eigenvalue weighted by Crippen LogP contribution is 2.28. The van der Waals surface area contributed by atoms with Crippen LogP contribution in [0.2, 0.25) is 0 Å². The Bertz CT molecular complexity index is 369. The van der Waals surface area contributed by atoms with Gasteiger partial charge in [0.25, 0.3) is 0 Å². The Morgan fingerprint density at radius 1 is 1.12 bits per heavy atom. The van der Waals surface area contributed by atoms with Gasteiger partial charge in [0, 0.05) is 12.6 Å². The highest BCUT2D eigenvalue weighted by atomic mass is 19.4. The third kappa shape index (κ3) is 3.88. The van der Waals surface area contributed by atoms with Crippen molar-refractivity contribution in [1.29, 1.82) is 0 Å². The van der Waals surface area contributed by atoms with Crippen LogP contribution in [0.5, 0.6) is 0 Å². The molecule has 1 heterocycles. The molecule has 1 N–H and O–H groups in total. The van der Waals surface area contributed by atoms with Crippen molar-refractivity contribution in [3.63, 3.8) is 0 Å². The Kier molecular flexibility index (Phi) is 3.65. The maximum atomic E-state index is 12.1. The number of pyridine rings is 1. The summed E-state index contributed by atoms with van der Waals surface area (Å²) in [4.78, 5) is 2.98. The average Bonchev–Trinajstić information content (AvgIpc) is 2.15. The summed E-state index contributed by atoms with van der Waals surface area (Å²) >= 11 is 0. The number of aliphatic hydroxyl groups is 1. The van der Waals surface area contributed by atoms with Gasteiger partial charge in [-0.3, -0.25) is 4.98 Å². The van der Waals surface area contributed by atoms with E-state index in [0.717, 1.165) is 6.07 Å². The first-order valence-corrected chi connectivity index (χ1v) is 4.37. The smallest absolute Gasteiger partial charge is 0.383 e. The first kappa shape index (κ1) is 13.8. The molecular weight excluding hydrogens is 252 g/mol. The molecule has 2 nitrogen and oxygen atoms in total. The number of hydrogen-bond acceptors (Lipinski definition) is 2. The molecule has 8 heteroatoms. The minimum Gasteiger partial charge on any atom is -0.383 e. The van der Waals surface area contributed by atoms with E-state index in [1.165, 1.54) is 0 Å². The molecule has 0 saturated heterocycles. The van der Waals surface area contributed by atoms with E-state index in [9.17, 15) is 26.3 Å². The van der Waals surface area contributed by atoms with Crippen molar-refractivity contribution in [2.75, 3.05) is 0 Å². The summed E-state index contributed by atoms with van der Waals surface area (Å²) in [5.41, 5.74) is -1.31. The van der Waals surface area contributed by atoms with Crippen molar-refractivity contribution in [2.45, 2.75) is 24.9 Å². The van der Waals surface area contributed by atoms with Crippen molar-refractivity contribution in [3.05, 3.63) is 29.6 Å². The Morgan fingerprint density at radius 3 is 2.06 bits per heavy atom. The molecule has 0 aliphatic heterocycles. The number of halogens is 6. The quantitative estimate of drug-likeness (QED) is 0.828. The number of alkyl halides is 6. The van der Waals surface area contributed by atoms with Crippen molar-refractivity contribution < 1.29 is 31.4 Å². The Hall–Kier alpha value is -1.31. The lowest BCUT2D eigenvalue weighted by Crippen LogP contribution is -2.30. The molecule has 0 fully saturated rings. The standard InChI is InChI=1S/C9H7F6NO/c10-8(11,12)6-2-1-5(4-16-6)3-7(17)9(13,14)15/h1-2,4,7,17H,3H2. The summed E-state index contributed by atoms with van der Waals surface area (Å²) in [7, 11) is 0. The van der Waals surface area contributed by atoms with Gasteiger partial charge in [-0.25, -0.2) is 0 Å². The Balaban J connectivity index is 2.76. The topological polar surface area (TPSA) is 33.1 Å². The predicted octanol–water partition coefficient (Wildman–Crippen LogP) is 2.57. The summed E-state index contributed by atoms with van der Waals surface area (Å²) in [5, 5.41) is 8.69. The maximum absolute atomic E-state index is 12.1. The summed E-state index contributed by atoms with van der Waals surface area (Å²) in [6.07, 6.45) is -12.2. The van der Waals surface area contributed by atoms with Gasteiger partial charge in [0.2, 0.25) is 0 Å². The van der Waals surface area contributed by atoms with Gasteiger partial charge in [-0.05, 0) is 11.6 Å². The number of hydrogen-bond donors (Lipinski definition) is 1. The van der Waals surface area contributed by atoms with Gasteiger partial charge in [0.1, 0.15) is 5.69 Å². The average molecular weight is 259 g/mol. The minimum absolute atomic E-state index is 0.122. The second-order valence-electron chi connectivity index (χ2n) is 3.31. The molecule has 96 valence electrons. The van der Waals surface area contributed by atoms with E-state index in [0.29, 0.717) is 12.3 Å². The fraction of sp³-hybridized carbons (Fsp3) is 0.444. The SMILES string of the molecule is OC(Cc1ccc(C(F)(F)F)nc1)C(F)(F)F. The van der Waals surface area contributed by atoms with Crippen LogP contribution in [-0.4, -0.2) is 22.4 Å². The van der Waals surface area contributed by atoms with Crippen molar-refractivity contribution >= 4 is 0 Å². The van der Waals surface area contributed by atoms with Crippen LogP contribution in [0.4, 0.5) is 26.3 Å². The van der Waals surface area contributed by atoms with E-state index in [1.54, 1.807) is 0 Å². The zero-order valence-corrected chi connectivity index (χ0v) is 8.18. The van der Waals surface area contributed by atoms with Crippen LogP contribution in [0.1, 0.15) is 11.3 Å². The molecular formula is C9H7F6NO. The summed E-state index contributed by atoms with van der Waals surface area (Å²) in [6, 6.07) is 1.42. The highest BCUT2D eigenvalue weighted by molar-refractivity contribution is 5.16. The van der Waals surface area contributed by atoms with E-state index in [1.807, 2.05) is 0 Å². The van der Waals surface area contributed by atoms with Gasteiger partial charge in [0.15, 0.2) is 6.10 Å². The molecule has 17 heavy (non-hydrogen) atoms. The molecule has 0 aliphatic carbocycles. The molecule has 1 aromatic rings. The van der Waals surface area contributed by atoms with Crippen molar-refractivity contribution in [1.82, 2.24) is 4.98 Å². The largest absolute Gasteiger partial charge is 0.433 e. The number of rotatable bonds is 2. The second kappa shape index (κ2) is 4.52. The lowest BCUT2D eigenvalue weighted by molar-refractivity contribution is -0.203. The number of aromatic nitrogens is 1. The molecule has 1 unspecified atom stereocenters. The molecule has 0 radical (unpaired) electrons. The second-order valence-corrected chi connectivity index (χ2v) is 3.31. The molecule has 0 aliphatic rings. The molecule has 0 spiro atoms. The molecule has 0 amide bonds. The summed E-state index contributed by atoms with van der Waals surface area (Å²) in [5.74, 6) is 0. The minimum atomic E-state index is -4.80. The summed E-state index contributed by atoms with van der Waals surface area (Å²) < 4.78 is 72.1. The van der Waals surface area contributed by atoms with E-state index in [4.69, 9.17) is 5.11 Å². The van der Waals surface area contributed by atoms with Gasteiger partial charge >= 0.3 is 12.4 Å². The van der Waals surface area contributed by atoms with E-state index in [2.05, 4.69) is 4.98 Å². The predicted molar refractivity (Wildman–Crippen MR) is 45.0 cm³/mol. The van der Waals surface area contributed by atoms with Gasteiger partial charge in [-0.1, -0.05) is 6.07 Å². The fourth-order valence-electron chi connectivity index (χ4n) is 1.05. The molecule has 1 rings (SSSR count).